The lowest BCUT2D eigenvalue weighted by atomic mass is 10.0. The zero-order chi connectivity index (χ0) is 20.8. The van der Waals surface area contributed by atoms with Crippen molar-refractivity contribution in [2.45, 2.75) is 25.9 Å². The van der Waals surface area contributed by atoms with Crippen LogP contribution in [0.25, 0.3) is 22.3 Å². The van der Waals surface area contributed by atoms with E-state index in [2.05, 4.69) is 26.8 Å². The molecule has 2 aromatic heterocycles. The summed E-state index contributed by atoms with van der Waals surface area (Å²) in [6, 6.07) is 5.69. The summed E-state index contributed by atoms with van der Waals surface area (Å²) in [6.45, 7) is 4.37. The second-order valence-electron chi connectivity index (χ2n) is 7.46. The number of nitrogens with zero attached hydrogens (tertiary/aromatic N) is 4. The quantitative estimate of drug-likeness (QED) is 0.617. The van der Waals surface area contributed by atoms with Crippen molar-refractivity contribution in [3.05, 3.63) is 47.3 Å². The third-order valence-corrected chi connectivity index (χ3v) is 5.11. The number of likely N-dealkylation sites (N-methyl/N-ethyl adjacent to an activating group) is 1. The highest BCUT2D eigenvalue weighted by molar-refractivity contribution is 5.91. The van der Waals surface area contributed by atoms with Crippen LogP contribution in [-0.4, -0.2) is 50.1 Å². The Bertz CT molecular complexity index is 1210. The zero-order valence-corrected chi connectivity index (χ0v) is 16.5. The fraction of sp³-hybridized carbons (Fsp3) is 0.273. The molecular weight excluding hydrogens is 366 g/mol. The molecule has 3 N–H and O–H groups in total. The molecule has 146 valence electrons. The van der Waals surface area contributed by atoms with Gasteiger partial charge in [-0.1, -0.05) is 11.8 Å². The summed E-state index contributed by atoms with van der Waals surface area (Å²) in [5.74, 6) is 6.20. The number of nitrogen functional groups attached to an aromatic ring is 1. The van der Waals surface area contributed by atoms with Crippen molar-refractivity contribution in [2.75, 3.05) is 19.3 Å². The van der Waals surface area contributed by atoms with Crippen LogP contribution in [0.2, 0.25) is 0 Å². The molecule has 3 heterocycles. The molecule has 4 rings (SSSR count). The highest BCUT2D eigenvalue weighted by atomic mass is 16.3. The van der Waals surface area contributed by atoms with Crippen molar-refractivity contribution < 1.29 is 9.90 Å². The van der Waals surface area contributed by atoms with Crippen molar-refractivity contribution in [1.29, 1.82) is 0 Å². The minimum absolute atomic E-state index is 0.299. The molecule has 0 saturated carbocycles. The molecule has 3 aromatic rings. The summed E-state index contributed by atoms with van der Waals surface area (Å²) in [7, 11) is 1.66. The van der Waals surface area contributed by atoms with E-state index >= 15 is 0 Å². The largest absolute Gasteiger partial charge is 0.382 e. The molecule has 1 amide bonds. The van der Waals surface area contributed by atoms with Gasteiger partial charge < -0.3 is 15.7 Å². The Morgan fingerprint density at radius 2 is 2.00 bits per heavy atom. The average molecular weight is 387 g/mol. The first-order chi connectivity index (χ1) is 13.8. The Balaban J connectivity index is 1.75. The van der Waals surface area contributed by atoms with Gasteiger partial charge in [0.1, 0.15) is 11.3 Å². The molecule has 7 nitrogen and oxygen atoms in total. The van der Waals surface area contributed by atoms with Crippen molar-refractivity contribution in [3.63, 3.8) is 0 Å². The van der Waals surface area contributed by atoms with Crippen molar-refractivity contribution in [3.8, 4) is 23.2 Å². The Kier molecular flexibility index (Phi) is 4.44. The Labute approximate surface area is 168 Å². The van der Waals surface area contributed by atoms with Crippen LogP contribution in [0.5, 0.6) is 0 Å². The van der Waals surface area contributed by atoms with E-state index in [1.54, 1.807) is 19.4 Å². The molecule has 1 unspecified atom stereocenters. The number of aliphatic hydroxyl groups is 1. The zero-order valence-electron chi connectivity index (χ0n) is 16.5. The number of hydrogen-bond donors (Lipinski definition) is 2. The SMILES string of the molecule is Cc1cc(C#CC2(O)CCN(C)C2=O)cc(-c2ncc3c(C)cnc(N)c3n2)c1. The van der Waals surface area contributed by atoms with Crippen LogP contribution in [0.1, 0.15) is 23.1 Å². The van der Waals surface area contributed by atoms with E-state index in [0.29, 0.717) is 35.7 Å². The van der Waals surface area contributed by atoms with Gasteiger partial charge in [0.15, 0.2) is 5.82 Å². The predicted octanol–water partition coefficient (Wildman–Crippen LogP) is 1.84. The van der Waals surface area contributed by atoms with Gasteiger partial charge in [0, 0.05) is 48.9 Å². The van der Waals surface area contributed by atoms with Crippen LogP contribution < -0.4 is 5.73 Å². The van der Waals surface area contributed by atoms with Gasteiger partial charge in [-0.05, 0) is 43.2 Å². The molecule has 0 bridgehead atoms. The Hall–Kier alpha value is -3.50. The van der Waals surface area contributed by atoms with E-state index in [9.17, 15) is 9.90 Å². The third kappa shape index (κ3) is 3.39. The second-order valence-corrected chi connectivity index (χ2v) is 7.46. The molecule has 1 fully saturated rings. The van der Waals surface area contributed by atoms with Crippen LogP contribution in [0.3, 0.4) is 0 Å². The van der Waals surface area contributed by atoms with E-state index in [-0.39, 0.29) is 5.91 Å². The first kappa shape index (κ1) is 18.8. The number of benzene rings is 1. The van der Waals surface area contributed by atoms with Gasteiger partial charge in [-0.25, -0.2) is 15.0 Å². The molecule has 1 aliphatic heterocycles. The highest BCUT2D eigenvalue weighted by Crippen LogP contribution is 2.25. The lowest BCUT2D eigenvalue weighted by molar-refractivity contribution is -0.137. The lowest BCUT2D eigenvalue weighted by Gasteiger charge is -2.13. The Morgan fingerprint density at radius 1 is 1.21 bits per heavy atom. The number of anilines is 1. The molecule has 0 radical (unpaired) electrons. The highest BCUT2D eigenvalue weighted by Gasteiger charge is 2.42. The topological polar surface area (TPSA) is 105 Å². The number of aromatic nitrogens is 3. The summed E-state index contributed by atoms with van der Waals surface area (Å²) in [5, 5.41) is 11.4. The molecule has 1 saturated heterocycles. The van der Waals surface area contributed by atoms with Gasteiger partial charge in [-0.2, -0.15) is 0 Å². The number of hydrogen-bond acceptors (Lipinski definition) is 6. The maximum Gasteiger partial charge on any atom is 0.267 e. The smallest absolute Gasteiger partial charge is 0.267 e. The summed E-state index contributed by atoms with van der Waals surface area (Å²) in [5.41, 5.74) is 8.35. The van der Waals surface area contributed by atoms with Crippen molar-refractivity contribution >= 4 is 22.6 Å². The van der Waals surface area contributed by atoms with Crippen LogP contribution >= 0.6 is 0 Å². The third-order valence-electron chi connectivity index (χ3n) is 5.11. The average Bonchev–Trinajstić information content (AvgIpc) is 2.97. The van der Waals surface area contributed by atoms with E-state index in [1.165, 1.54) is 4.90 Å². The van der Waals surface area contributed by atoms with Crippen LogP contribution in [0.4, 0.5) is 5.82 Å². The molecule has 7 heteroatoms. The van der Waals surface area contributed by atoms with E-state index in [0.717, 1.165) is 22.1 Å². The van der Waals surface area contributed by atoms with Crippen LogP contribution in [0, 0.1) is 25.7 Å². The summed E-state index contributed by atoms with van der Waals surface area (Å²) < 4.78 is 0. The monoisotopic (exact) mass is 387 g/mol. The van der Waals surface area contributed by atoms with Crippen molar-refractivity contribution in [1.82, 2.24) is 19.9 Å². The summed E-state index contributed by atoms with van der Waals surface area (Å²) >= 11 is 0. The van der Waals surface area contributed by atoms with Crippen LogP contribution in [0.15, 0.2) is 30.6 Å². The number of likely N-dealkylation sites (tertiary alicyclic amines) is 1. The lowest BCUT2D eigenvalue weighted by Crippen LogP contribution is -2.37. The number of nitrogens with two attached hydrogens (primary N) is 1. The minimum atomic E-state index is -1.63. The van der Waals surface area contributed by atoms with Gasteiger partial charge in [-0.15, -0.1) is 0 Å². The fourth-order valence-corrected chi connectivity index (χ4v) is 3.43. The number of carbonyl (C=O) groups is 1. The molecule has 1 atom stereocenters. The first-order valence-electron chi connectivity index (χ1n) is 9.28. The molecule has 0 spiro atoms. The maximum absolute atomic E-state index is 12.1. The van der Waals surface area contributed by atoms with Gasteiger partial charge in [0.2, 0.25) is 5.60 Å². The molecular formula is C22H21N5O2. The van der Waals surface area contributed by atoms with Gasteiger partial charge in [-0.3, -0.25) is 4.79 Å². The minimum Gasteiger partial charge on any atom is -0.382 e. The predicted molar refractivity (Wildman–Crippen MR) is 111 cm³/mol. The fourth-order valence-electron chi connectivity index (χ4n) is 3.43. The van der Waals surface area contributed by atoms with Gasteiger partial charge >= 0.3 is 0 Å². The standard InChI is InChI=1S/C22H21N5O2/c1-13-8-15(4-5-22(29)6-7-27(3)21(22)28)10-16(9-13)20-25-12-17-14(2)11-24-19(23)18(17)26-20/h8-12,29H,6-7H2,1-3H3,(H2,23,24). The number of pyridine rings is 1. The van der Waals surface area contributed by atoms with Gasteiger partial charge in [0.05, 0.1) is 0 Å². The van der Waals surface area contributed by atoms with E-state index in [1.807, 2.05) is 32.0 Å². The number of fused-ring (bicyclic) bond motifs is 1. The maximum atomic E-state index is 12.1. The second kappa shape index (κ2) is 6.83. The number of carbonyl (C=O) groups excluding carboxylic acids is 1. The Morgan fingerprint density at radius 3 is 2.72 bits per heavy atom. The molecule has 29 heavy (non-hydrogen) atoms. The van der Waals surface area contributed by atoms with E-state index < -0.39 is 5.60 Å². The normalized spacial score (nSPS) is 18.8. The first-order valence-corrected chi connectivity index (χ1v) is 9.28. The number of amides is 1. The number of rotatable bonds is 1. The van der Waals surface area contributed by atoms with Crippen molar-refractivity contribution in [2.24, 2.45) is 0 Å². The summed E-state index contributed by atoms with van der Waals surface area (Å²) in [4.78, 5) is 26.9. The molecule has 1 aliphatic rings. The number of aryl methyl sites for hydroxylation is 2. The van der Waals surface area contributed by atoms with E-state index in [4.69, 9.17) is 5.73 Å². The van der Waals surface area contributed by atoms with Crippen LogP contribution in [-0.2, 0) is 4.79 Å². The molecule has 1 aromatic carbocycles. The van der Waals surface area contributed by atoms with Gasteiger partial charge in [0.25, 0.3) is 5.91 Å². The molecule has 0 aliphatic carbocycles. The summed E-state index contributed by atoms with van der Waals surface area (Å²) in [6.07, 6.45) is 3.75.